The molecule has 0 rings (SSSR count). The Balaban J connectivity index is 3.91. The Kier molecular flexibility index (Phi) is 18.2. The van der Waals surface area contributed by atoms with Crippen molar-refractivity contribution in [3.05, 3.63) is 0 Å². The minimum absolute atomic E-state index is 0.0124. The maximum atomic E-state index is 11.8. The van der Waals surface area contributed by atoms with Crippen LogP contribution in [-0.2, 0) is 28.7 Å². The lowest BCUT2D eigenvalue weighted by Gasteiger charge is -2.20. The highest BCUT2D eigenvalue weighted by atomic mass is 32.2. The van der Waals surface area contributed by atoms with Crippen LogP contribution >= 0.6 is 23.5 Å². The third-order valence-corrected chi connectivity index (χ3v) is 6.47. The lowest BCUT2D eigenvalue weighted by molar-refractivity contribution is -0.126. The minimum Gasteiger partial charge on any atom is -0.371 e. The highest BCUT2D eigenvalue weighted by Crippen LogP contribution is 2.27. The molecule has 0 aliphatic carbocycles. The Hall–Kier alpha value is -0.700. The van der Waals surface area contributed by atoms with Gasteiger partial charge >= 0.3 is 0 Å². The van der Waals surface area contributed by atoms with Gasteiger partial charge in [0.05, 0.1) is 18.5 Å². The minimum atomic E-state index is -0.180. The van der Waals surface area contributed by atoms with Gasteiger partial charge in [-0.1, -0.05) is 13.3 Å². The van der Waals surface area contributed by atoms with Crippen LogP contribution in [0.3, 0.4) is 0 Å². The van der Waals surface area contributed by atoms with E-state index in [2.05, 4.69) is 6.92 Å². The van der Waals surface area contributed by atoms with Gasteiger partial charge in [-0.2, -0.15) is 11.8 Å². The molecule has 0 bridgehead atoms. The summed E-state index contributed by atoms with van der Waals surface area (Å²) in [7, 11) is 0. The van der Waals surface area contributed by atoms with Crippen molar-refractivity contribution in [2.24, 2.45) is 0 Å². The summed E-state index contributed by atoms with van der Waals surface area (Å²) in [6.07, 6.45) is 5.39. The van der Waals surface area contributed by atoms with E-state index >= 15 is 0 Å². The molecule has 27 heavy (non-hydrogen) atoms. The zero-order chi connectivity index (χ0) is 20.3. The SMILES string of the molecule is CCCCSC(C=O)C(CC=O)SCCCC(=O)COCCOCC(C)=O. The first kappa shape index (κ1) is 26.3. The Labute approximate surface area is 170 Å². The summed E-state index contributed by atoms with van der Waals surface area (Å²) in [5, 5.41) is -0.215. The number of carbonyl (C=O) groups excluding carboxylic acids is 4. The van der Waals surface area contributed by atoms with Crippen molar-refractivity contribution in [3.8, 4) is 0 Å². The molecule has 2 atom stereocenters. The first-order chi connectivity index (χ1) is 13.0. The van der Waals surface area contributed by atoms with E-state index in [0.717, 1.165) is 36.9 Å². The van der Waals surface area contributed by atoms with Crippen LogP contribution in [0.5, 0.6) is 0 Å². The second-order valence-electron chi connectivity index (χ2n) is 6.09. The first-order valence-electron chi connectivity index (χ1n) is 9.33. The third-order valence-electron chi connectivity index (χ3n) is 3.51. The van der Waals surface area contributed by atoms with Gasteiger partial charge in [0.1, 0.15) is 25.8 Å². The van der Waals surface area contributed by atoms with Crippen LogP contribution in [0, 0.1) is 0 Å². The molecule has 2 unspecified atom stereocenters. The van der Waals surface area contributed by atoms with Gasteiger partial charge in [-0.15, -0.1) is 11.8 Å². The second kappa shape index (κ2) is 18.7. The summed E-state index contributed by atoms with van der Waals surface area (Å²) >= 11 is 3.20. The van der Waals surface area contributed by atoms with Crippen molar-refractivity contribution < 1.29 is 28.7 Å². The average molecular weight is 421 g/mol. The van der Waals surface area contributed by atoms with Crippen LogP contribution in [0.25, 0.3) is 0 Å². The Morgan fingerprint density at radius 2 is 1.67 bits per heavy atom. The number of unbranched alkanes of at least 4 members (excludes halogenated alkanes) is 1. The molecule has 0 N–H and O–H groups in total. The summed E-state index contributed by atoms with van der Waals surface area (Å²) in [5.74, 6) is 1.61. The molecule has 0 amide bonds. The van der Waals surface area contributed by atoms with E-state index in [9.17, 15) is 19.2 Å². The van der Waals surface area contributed by atoms with Gasteiger partial charge < -0.3 is 19.1 Å². The van der Waals surface area contributed by atoms with Crippen LogP contribution in [0.2, 0.25) is 0 Å². The van der Waals surface area contributed by atoms with E-state index in [1.165, 1.54) is 6.92 Å². The molecule has 8 heteroatoms. The van der Waals surface area contributed by atoms with Gasteiger partial charge in [-0.3, -0.25) is 9.59 Å². The molecular weight excluding hydrogens is 388 g/mol. The fourth-order valence-electron chi connectivity index (χ4n) is 2.09. The van der Waals surface area contributed by atoms with Crippen molar-refractivity contribution in [2.75, 3.05) is 37.9 Å². The predicted molar refractivity (Wildman–Crippen MR) is 111 cm³/mol. The Bertz CT molecular complexity index is 430. The molecule has 0 aromatic carbocycles. The van der Waals surface area contributed by atoms with Crippen molar-refractivity contribution in [2.45, 2.75) is 56.5 Å². The van der Waals surface area contributed by atoms with Crippen LogP contribution < -0.4 is 0 Å². The first-order valence-corrected chi connectivity index (χ1v) is 11.4. The summed E-state index contributed by atoms with van der Waals surface area (Å²) in [6.45, 7) is 4.23. The van der Waals surface area contributed by atoms with E-state index < -0.39 is 0 Å². The van der Waals surface area contributed by atoms with Crippen LogP contribution in [0.4, 0.5) is 0 Å². The topological polar surface area (TPSA) is 86.7 Å². The summed E-state index contributed by atoms with van der Waals surface area (Å²) in [6, 6.07) is 0. The number of Topliss-reactive ketones (excluding diaryl/α,β-unsaturated/α-hetero) is 2. The molecule has 0 fully saturated rings. The summed E-state index contributed by atoms with van der Waals surface area (Å²) < 4.78 is 10.3. The maximum absolute atomic E-state index is 11.8. The number of thioether (sulfide) groups is 2. The highest BCUT2D eigenvalue weighted by Gasteiger charge is 2.21. The molecule has 156 valence electrons. The van der Waals surface area contributed by atoms with E-state index in [0.29, 0.717) is 25.9 Å². The molecule has 0 aromatic rings. The molecule has 0 heterocycles. The Morgan fingerprint density at radius 1 is 1.00 bits per heavy atom. The molecule has 0 saturated heterocycles. The number of hydrogen-bond donors (Lipinski definition) is 0. The van der Waals surface area contributed by atoms with Gasteiger partial charge in [-0.25, -0.2) is 0 Å². The summed E-state index contributed by atoms with van der Waals surface area (Å²) in [5.41, 5.74) is 0. The predicted octanol–water partition coefficient (Wildman–Crippen LogP) is 2.75. The average Bonchev–Trinajstić information content (AvgIpc) is 2.64. The van der Waals surface area contributed by atoms with Gasteiger partial charge in [-0.05, 0) is 31.3 Å². The number of rotatable bonds is 20. The Morgan fingerprint density at radius 3 is 2.26 bits per heavy atom. The quantitative estimate of drug-likeness (QED) is 0.219. The number of hydrogen-bond acceptors (Lipinski definition) is 8. The van der Waals surface area contributed by atoms with E-state index in [1.807, 2.05) is 0 Å². The fourth-order valence-corrected chi connectivity index (χ4v) is 4.77. The van der Waals surface area contributed by atoms with E-state index in [1.54, 1.807) is 23.5 Å². The fraction of sp³-hybridized carbons (Fsp3) is 0.789. The third kappa shape index (κ3) is 16.0. The van der Waals surface area contributed by atoms with Gasteiger partial charge in [0.15, 0.2) is 11.6 Å². The zero-order valence-electron chi connectivity index (χ0n) is 16.4. The maximum Gasteiger partial charge on any atom is 0.158 e. The normalized spacial score (nSPS) is 13.1. The van der Waals surface area contributed by atoms with E-state index in [-0.39, 0.29) is 41.9 Å². The van der Waals surface area contributed by atoms with Crippen LogP contribution in [0.1, 0.15) is 46.0 Å². The zero-order valence-corrected chi connectivity index (χ0v) is 18.0. The largest absolute Gasteiger partial charge is 0.371 e. The number of carbonyl (C=O) groups is 4. The lowest BCUT2D eigenvalue weighted by atomic mass is 10.2. The summed E-state index contributed by atoms with van der Waals surface area (Å²) in [4.78, 5) is 44.7. The molecule has 0 saturated carbocycles. The molecule has 0 radical (unpaired) electrons. The van der Waals surface area contributed by atoms with Crippen molar-refractivity contribution in [1.82, 2.24) is 0 Å². The van der Waals surface area contributed by atoms with Gasteiger partial charge in [0.25, 0.3) is 0 Å². The number of aldehydes is 2. The molecule has 0 aliphatic rings. The number of ether oxygens (including phenoxy) is 2. The molecular formula is C19H32O6S2. The molecule has 0 aromatic heterocycles. The second-order valence-corrected chi connectivity index (χ2v) is 8.72. The van der Waals surface area contributed by atoms with Crippen LogP contribution in [-0.4, -0.2) is 72.6 Å². The molecule has 0 spiro atoms. The van der Waals surface area contributed by atoms with Crippen molar-refractivity contribution in [1.29, 1.82) is 0 Å². The molecule has 0 aliphatic heterocycles. The standard InChI is InChI=1S/C19H32O6S2/c1-3-4-11-27-19(13-21)18(7-8-20)26-12-5-6-17(23)15-25-10-9-24-14-16(2)22/h8,13,18-19H,3-7,9-12,14-15H2,1-2H3. The van der Waals surface area contributed by atoms with Gasteiger partial charge in [0.2, 0.25) is 0 Å². The monoisotopic (exact) mass is 420 g/mol. The van der Waals surface area contributed by atoms with Crippen LogP contribution in [0.15, 0.2) is 0 Å². The molecule has 6 nitrogen and oxygen atoms in total. The lowest BCUT2D eigenvalue weighted by Crippen LogP contribution is -2.23. The smallest absolute Gasteiger partial charge is 0.158 e. The van der Waals surface area contributed by atoms with E-state index in [4.69, 9.17) is 9.47 Å². The van der Waals surface area contributed by atoms with Crippen molar-refractivity contribution in [3.63, 3.8) is 0 Å². The highest BCUT2D eigenvalue weighted by molar-refractivity contribution is 8.04. The van der Waals surface area contributed by atoms with Gasteiger partial charge in [0, 0.05) is 18.1 Å². The van der Waals surface area contributed by atoms with Crippen molar-refractivity contribution >= 4 is 47.7 Å². The number of ketones is 2.